The van der Waals surface area contributed by atoms with Crippen LogP contribution < -0.4 is 16.4 Å². The summed E-state index contributed by atoms with van der Waals surface area (Å²) in [4.78, 5) is 19.0. The third-order valence-electron chi connectivity index (χ3n) is 13.7. The lowest BCUT2D eigenvalue weighted by atomic mass is 9.47. The van der Waals surface area contributed by atoms with Crippen LogP contribution in [0.25, 0.3) is 0 Å². The molecule has 3 fully saturated rings. The fourth-order valence-corrected chi connectivity index (χ4v) is 15.1. The largest absolute Gasteiger partial charge is 0.396 e. The summed E-state index contributed by atoms with van der Waals surface area (Å²) in [6, 6.07) is 9.12. The third kappa shape index (κ3) is 5.12. The second-order valence-corrected chi connectivity index (χ2v) is 18.2. The number of rotatable bonds is 7. The van der Waals surface area contributed by atoms with Gasteiger partial charge in [-0.25, -0.2) is 0 Å². The molecule has 7 rings (SSSR count). The lowest BCUT2D eigenvalue weighted by molar-refractivity contribution is -0.125. The Hall–Kier alpha value is -1.52. The van der Waals surface area contributed by atoms with E-state index in [1.54, 1.807) is 0 Å². The molecule has 2 spiro atoms. The van der Waals surface area contributed by atoms with Gasteiger partial charge in [0.15, 0.2) is 11.7 Å². The zero-order valence-corrected chi connectivity index (χ0v) is 29.4. The number of guanidine groups is 1. The average molecular weight is 667 g/mol. The summed E-state index contributed by atoms with van der Waals surface area (Å²) in [5.41, 5.74) is 11.5. The van der Waals surface area contributed by atoms with Crippen molar-refractivity contribution in [2.45, 2.75) is 101 Å². The van der Waals surface area contributed by atoms with E-state index in [0.29, 0.717) is 41.2 Å². The van der Waals surface area contributed by atoms with Gasteiger partial charge in [0, 0.05) is 55.1 Å². The zero-order chi connectivity index (χ0) is 32.1. The van der Waals surface area contributed by atoms with Crippen molar-refractivity contribution in [1.82, 2.24) is 10.6 Å². The maximum Gasteiger partial charge on any atom is 0.189 e. The molecule has 2 heterocycles. The molecule has 9 heteroatoms. The fraction of sp³-hybridized carbons (Fsp3) is 0.730. The first-order chi connectivity index (χ1) is 22.3. The lowest BCUT2D eigenvalue weighted by Crippen LogP contribution is -2.67. The summed E-state index contributed by atoms with van der Waals surface area (Å²) in [5.74, 6) is 3.73. The van der Waals surface area contributed by atoms with E-state index in [0.717, 1.165) is 88.6 Å². The normalized spacial score (nSPS) is 40.6. The molecule has 7 nitrogen and oxygen atoms in total. The summed E-state index contributed by atoms with van der Waals surface area (Å²) in [6.45, 7) is 4.46. The van der Waals surface area contributed by atoms with Gasteiger partial charge in [-0.3, -0.25) is 9.79 Å². The van der Waals surface area contributed by atoms with Gasteiger partial charge in [0.25, 0.3) is 0 Å². The van der Waals surface area contributed by atoms with Gasteiger partial charge in [0.05, 0.1) is 5.54 Å². The summed E-state index contributed by atoms with van der Waals surface area (Å²) < 4.78 is 0. The van der Waals surface area contributed by atoms with Crippen LogP contribution >= 0.6 is 21.6 Å². The molecule has 1 aromatic carbocycles. The van der Waals surface area contributed by atoms with E-state index in [2.05, 4.69) is 52.6 Å². The Bertz CT molecular complexity index is 1390. The summed E-state index contributed by atoms with van der Waals surface area (Å²) >= 11 is 0. The second kappa shape index (κ2) is 13.1. The van der Waals surface area contributed by atoms with Crippen molar-refractivity contribution in [2.24, 2.45) is 45.2 Å². The van der Waals surface area contributed by atoms with Crippen LogP contribution in [0.15, 0.2) is 40.4 Å². The van der Waals surface area contributed by atoms with Crippen molar-refractivity contribution in [3.8, 4) is 0 Å². The zero-order valence-electron chi connectivity index (χ0n) is 27.7. The predicted octanol–water partition coefficient (Wildman–Crippen LogP) is 5.56. The molecule has 46 heavy (non-hydrogen) atoms. The quantitative estimate of drug-likeness (QED) is 0.240. The number of ketones is 1. The number of Topliss-reactive ketones (excluding diaryl/α,β-unsaturated/α-hetero) is 1. The number of aliphatic imine (C=N–C) groups is 1. The van der Waals surface area contributed by atoms with Crippen molar-refractivity contribution in [1.29, 1.82) is 0 Å². The van der Waals surface area contributed by atoms with Crippen molar-refractivity contribution in [3.05, 3.63) is 46.5 Å². The van der Waals surface area contributed by atoms with Crippen LogP contribution in [-0.2, 0) is 11.3 Å². The Morgan fingerprint density at radius 1 is 1.22 bits per heavy atom. The third-order valence-corrected chi connectivity index (χ3v) is 16.7. The number of hydrogen-bond acceptors (Lipinski definition) is 9. The Morgan fingerprint density at radius 3 is 2.89 bits per heavy atom. The van der Waals surface area contributed by atoms with E-state index >= 15 is 0 Å². The molecule has 1 aromatic rings. The summed E-state index contributed by atoms with van der Waals surface area (Å²) in [6.07, 6.45) is 10.4. The average Bonchev–Trinajstić information content (AvgIpc) is 3.38. The van der Waals surface area contributed by atoms with Crippen LogP contribution in [0.5, 0.6) is 0 Å². The fourth-order valence-electron chi connectivity index (χ4n) is 11.7. The highest BCUT2D eigenvalue weighted by Crippen LogP contribution is 2.75. The molecule has 6 aliphatic rings. The highest BCUT2D eigenvalue weighted by molar-refractivity contribution is 8.77. The van der Waals surface area contributed by atoms with E-state index < -0.39 is 0 Å². The van der Waals surface area contributed by atoms with Crippen LogP contribution in [0, 0.1) is 34.5 Å². The van der Waals surface area contributed by atoms with E-state index in [1.165, 1.54) is 16.7 Å². The van der Waals surface area contributed by atoms with Gasteiger partial charge < -0.3 is 26.6 Å². The number of nitrogens with one attached hydrogen (secondary N) is 2. The number of benzene rings is 1. The molecule has 5 bridgehead atoms. The molecule has 0 saturated heterocycles. The predicted molar refractivity (Wildman–Crippen MR) is 190 cm³/mol. The minimum absolute atomic E-state index is 0.0452. The SMILES string of the molecule is CNCc1cccc(C2CCC3SSCCC4(C)C5CC6=C(CCCC37NC(N)=NCC27)C(=O)CC64C(CCCO)C(CO)C5)c1. The lowest BCUT2D eigenvalue weighted by Gasteiger charge is -2.57. The number of aliphatic hydroxyl groups is 2. The first-order valence-electron chi connectivity index (χ1n) is 17.9. The molecular weight excluding hydrogens is 613 g/mol. The topological polar surface area (TPSA) is 120 Å². The minimum Gasteiger partial charge on any atom is -0.396 e. The maximum atomic E-state index is 14.2. The van der Waals surface area contributed by atoms with Crippen LogP contribution in [-0.4, -0.2) is 65.3 Å². The molecule has 252 valence electrons. The molecule has 4 aliphatic carbocycles. The standard InChI is InChI=1S/C37H54N4O3S2/c1-35-13-15-45-46-33-11-10-27(24-7-3-6-23(16-24)20-39-2)31-21-40-34(38)41-37(31,33)12-4-8-28-30-18-26(35)17-25(22-43)29(9-5-14-42)36(30,35)19-32(28)44/h3,6-7,16,25-27,29,31,33,39,42-43H,4-5,8-15,17-22H2,1-2H3,(H3,38,40,41). The van der Waals surface area contributed by atoms with Crippen LogP contribution in [0.1, 0.15) is 94.6 Å². The Kier molecular flexibility index (Phi) is 9.38. The van der Waals surface area contributed by atoms with Gasteiger partial charge in [-0.2, -0.15) is 0 Å². The Labute approximate surface area is 283 Å². The molecule has 3 saturated carbocycles. The molecule has 0 amide bonds. The highest BCUT2D eigenvalue weighted by Gasteiger charge is 2.69. The van der Waals surface area contributed by atoms with Gasteiger partial charge in [0.1, 0.15) is 0 Å². The molecule has 0 radical (unpaired) electrons. The van der Waals surface area contributed by atoms with Crippen LogP contribution in [0.4, 0.5) is 0 Å². The number of carbonyl (C=O) groups excluding carboxylic acids is 1. The molecule has 9 unspecified atom stereocenters. The summed E-state index contributed by atoms with van der Waals surface area (Å²) in [7, 11) is 6.13. The van der Waals surface area contributed by atoms with Crippen molar-refractivity contribution >= 4 is 33.3 Å². The Balaban J connectivity index is 1.25. The Morgan fingerprint density at radius 2 is 2.09 bits per heavy atom. The number of hydrogen-bond donors (Lipinski definition) is 5. The van der Waals surface area contributed by atoms with E-state index in [9.17, 15) is 15.0 Å². The number of carbonyl (C=O) groups is 1. The molecule has 6 N–H and O–H groups in total. The van der Waals surface area contributed by atoms with E-state index in [4.69, 9.17) is 10.7 Å². The molecule has 2 aliphatic heterocycles. The van der Waals surface area contributed by atoms with Gasteiger partial charge in [-0.1, -0.05) is 58.4 Å². The summed E-state index contributed by atoms with van der Waals surface area (Å²) in [5, 5.41) is 28.0. The number of nitrogens with zero attached hydrogens (tertiary/aromatic N) is 1. The second-order valence-electron chi connectivity index (χ2n) is 15.5. The minimum atomic E-state index is -0.172. The smallest absolute Gasteiger partial charge is 0.189 e. The number of nitrogens with two attached hydrogens (primary N) is 1. The van der Waals surface area contributed by atoms with Crippen LogP contribution in [0.2, 0.25) is 0 Å². The maximum absolute atomic E-state index is 14.2. The molecular formula is C37H54N4O3S2. The number of allylic oxidation sites excluding steroid dienone is 2. The molecule has 0 aromatic heterocycles. The van der Waals surface area contributed by atoms with Gasteiger partial charge in [0.2, 0.25) is 0 Å². The monoisotopic (exact) mass is 666 g/mol. The van der Waals surface area contributed by atoms with Crippen LogP contribution in [0.3, 0.4) is 0 Å². The van der Waals surface area contributed by atoms with Crippen molar-refractivity contribution in [2.75, 3.05) is 32.6 Å². The first kappa shape index (κ1) is 33.0. The van der Waals surface area contributed by atoms with Gasteiger partial charge in [-0.05, 0) is 117 Å². The molecule has 9 atom stereocenters. The first-order valence-corrected chi connectivity index (χ1v) is 20.3. The van der Waals surface area contributed by atoms with Crippen molar-refractivity contribution < 1.29 is 15.0 Å². The van der Waals surface area contributed by atoms with Crippen molar-refractivity contribution in [3.63, 3.8) is 0 Å². The van der Waals surface area contributed by atoms with Gasteiger partial charge >= 0.3 is 0 Å². The number of aliphatic hydroxyl groups excluding tert-OH is 2. The highest BCUT2D eigenvalue weighted by atomic mass is 33.1. The van der Waals surface area contributed by atoms with E-state index in [-0.39, 0.29) is 41.4 Å². The van der Waals surface area contributed by atoms with E-state index in [1.807, 2.05) is 17.8 Å². The van der Waals surface area contributed by atoms with Gasteiger partial charge in [-0.15, -0.1) is 0 Å².